The number of amides is 1. The van der Waals surface area contributed by atoms with Crippen molar-refractivity contribution in [3.8, 4) is 0 Å². The maximum Gasteiger partial charge on any atom is 0.236 e. The second-order valence-electron chi connectivity index (χ2n) is 5.05. The van der Waals surface area contributed by atoms with Gasteiger partial charge >= 0.3 is 0 Å². The average molecular weight is 186 g/mol. The Balaban J connectivity index is 3.97. The molecule has 13 heavy (non-hydrogen) atoms. The Hall–Kier alpha value is -0.570. The second-order valence-corrected chi connectivity index (χ2v) is 5.05. The van der Waals surface area contributed by atoms with Gasteiger partial charge in [-0.15, -0.1) is 0 Å². The van der Waals surface area contributed by atoms with E-state index in [4.69, 9.17) is 0 Å². The molecule has 0 unspecified atom stereocenters. The number of carbonyl (C=O) groups is 1. The Labute approximate surface area is 81.7 Å². The molecule has 0 N–H and O–H groups in total. The fourth-order valence-corrected chi connectivity index (χ4v) is 1.19. The van der Waals surface area contributed by atoms with Crippen molar-refractivity contribution in [2.24, 2.45) is 5.41 Å². The van der Waals surface area contributed by atoms with Crippen molar-refractivity contribution in [3.05, 3.63) is 0 Å². The predicted molar refractivity (Wildman–Crippen MR) is 55.6 cm³/mol. The monoisotopic (exact) mass is 186 g/mol. The fraction of sp³-hybridized carbons (Fsp3) is 0.900. The highest BCUT2D eigenvalue weighted by Gasteiger charge is 2.17. The summed E-state index contributed by atoms with van der Waals surface area (Å²) < 4.78 is 0. The molecule has 3 heteroatoms. The van der Waals surface area contributed by atoms with E-state index in [2.05, 4.69) is 20.8 Å². The molecule has 1 amide bonds. The maximum atomic E-state index is 11.5. The molecule has 0 fully saturated rings. The summed E-state index contributed by atoms with van der Waals surface area (Å²) in [6.45, 7) is 7.69. The third kappa shape index (κ3) is 6.58. The first-order valence-electron chi connectivity index (χ1n) is 4.61. The molecule has 0 aromatic carbocycles. The highest BCUT2D eigenvalue weighted by molar-refractivity contribution is 5.77. The third-order valence-electron chi connectivity index (χ3n) is 1.59. The summed E-state index contributed by atoms with van der Waals surface area (Å²) >= 11 is 0. The van der Waals surface area contributed by atoms with E-state index in [-0.39, 0.29) is 11.3 Å². The first kappa shape index (κ1) is 12.4. The topological polar surface area (TPSA) is 23.6 Å². The first-order valence-corrected chi connectivity index (χ1v) is 4.61. The minimum Gasteiger partial charge on any atom is -0.344 e. The van der Waals surface area contributed by atoms with E-state index in [0.29, 0.717) is 6.54 Å². The number of hydrogen-bond acceptors (Lipinski definition) is 2. The van der Waals surface area contributed by atoms with Gasteiger partial charge < -0.3 is 9.80 Å². The Morgan fingerprint density at radius 3 is 1.92 bits per heavy atom. The van der Waals surface area contributed by atoms with Gasteiger partial charge in [-0.3, -0.25) is 4.79 Å². The number of carbonyl (C=O) groups excluding carboxylic acids is 1. The molecule has 0 spiro atoms. The van der Waals surface area contributed by atoms with Crippen molar-refractivity contribution < 1.29 is 4.79 Å². The van der Waals surface area contributed by atoms with E-state index in [1.54, 1.807) is 4.90 Å². The molecule has 3 nitrogen and oxygen atoms in total. The van der Waals surface area contributed by atoms with Crippen LogP contribution in [0.4, 0.5) is 0 Å². The van der Waals surface area contributed by atoms with E-state index in [1.807, 2.05) is 26.0 Å². The molecule has 78 valence electrons. The molecule has 0 aliphatic carbocycles. The van der Waals surface area contributed by atoms with E-state index in [1.165, 1.54) is 0 Å². The summed E-state index contributed by atoms with van der Waals surface area (Å²) in [4.78, 5) is 15.2. The van der Waals surface area contributed by atoms with Gasteiger partial charge in [0.1, 0.15) is 0 Å². The van der Waals surface area contributed by atoms with Crippen molar-refractivity contribution in [2.45, 2.75) is 20.8 Å². The van der Waals surface area contributed by atoms with Gasteiger partial charge in [0.25, 0.3) is 0 Å². The lowest BCUT2D eigenvalue weighted by Gasteiger charge is -2.27. The highest BCUT2D eigenvalue weighted by atomic mass is 16.2. The molecule has 0 radical (unpaired) electrons. The van der Waals surface area contributed by atoms with Gasteiger partial charge in [-0.1, -0.05) is 20.8 Å². The Kier molecular flexibility index (Phi) is 4.40. The van der Waals surface area contributed by atoms with Gasteiger partial charge in [-0.05, 0) is 19.5 Å². The largest absolute Gasteiger partial charge is 0.344 e. The van der Waals surface area contributed by atoms with Crippen LogP contribution in [0, 0.1) is 5.41 Å². The van der Waals surface area contributed by atoms with Crippen LogP contribution < -0.4 is 0 Å². The normalized spacial score (nSPS) is 11.9. The van der Waals surface area contributed by atoms with Crippen molar-refractivity contribution in [1.29, 1.82) is 0 Å². The number of hydrogen-bond donors (Lipinski definition) is 0. The average Bonchev–Trinajstić information content (AvgIpc) is 1.81. The smallest absolute Gasteiger partial charge is 0.236 e. The number of nitrogens with zero attached hydrogens (tertiary/aromatic N) is 2. The summed E-state index contributed by atoms with van der Waals surface area (Å²) in [5.41, 5.74) is 0.177. The van der Waals surface area contributed by atoms with Crippen molar-refractivity contribution in [3.63, 3.8) is 0 Å². The van der Waals surface area contributed by atoms with Gasteiger partial charge in [0, 0.05) is 13.6 Å². The lowest BCUT2D eigenvalue weighted by molar-refractivity contribution is -0.131. The number of rotatable bonds is 3. The van der Waals surface area contributed by atoms with Crippen LogP contribution in [-0.2, 0) is 4.79 Å². The van der Waals surface area contributed by atoms with Gasteiger partial charge in [-0.25, -0.2) is 0 Å². The number of likely N-dealkylation sites (N-methyl/N-ethyl adjacent to an activating group) is 2. The van der Waals surface area contributed by atoms with Crippen LogP contribution in [0.15, 0.2) is 0 Å². The van der Waals surface area contributed by atoms with Crippen LogP contribution in [0.3, 0.4) is 0 Å². The zero-order chi connectivity index (χ0) is 10.6. The van der Waals surface area contributed by atoms with E-state index in [0.717, 1.165) is 6.54 Å². The first-order chi connectivity index (χ1) is 5.72. The van der Waals surface area contributed by atoms with Crippen LogP contribution in [0.1, 0.15) is 20.8 Å². The summed E-state index contributed by atoms with van der Waals surface area (Å²) in [5, 5.41) is 0. The summed E-state index contributed by atoms with van der Waals surface area (Å²) in [7, 11) is 5.67. The Morgan fingerprint density at radius 1 is 1.15 bits per heavy atom. The van der Waals surface area contributed by atoms with Crippen LogP contribution in [-0.4, -0.2) is 49.9 Å². The molecule has 0 rings (SSSR count). The zero-order valence-corrected chi connectivity index (χ0v) is 9.72. The van der Waals surface area contributed by atoms with Crippen LogP contribution >= 0.6 is 0 Å². The van der Waals surface area contributed by atoms with Crippen LogP contribution in [0.2, 0.25) is 0 Å². The second kappa shape index (κ2) is 4.61. The molecule has 0 bridgehead atoms. The zero-order valence-electron chi connectivity index (χ0n) is 9.72. The lowest BCUT2D eigenvalue weighted by Crippen LogP contribution is -2.39. The molecule has 0 aliphatic rings. The minimum absolute atomic E-state index is 0.177. The van der Waals surface area contributed by atoms with E-state index < -0.39 is 0 Å². The highest BCUT2D eigenvalue weighted by Crippen LogP contribution is 2.13. The molecular weight excluding hydrogens is 164 g/mol. The van der Waals surface area contributed by atoms with Crippen molar-refractivity contribution in [2.75, 3.05) is 34.2 Å². The minimum atomic E-state index is 0.177. The molecule has 0 saturated heterocycles. The Bertz CT molecular complexity index is 170. The molecule has 0 saturated carbocycles. The standard InChI is InChI=1S/C10H22N2O/c1-10(2,3)8-12(6)9(13)7-11(4)5/h7-8H2,1-6H3. The Morgan fingerprint density at radius 2 is 1.62 bits per heavy atom. The maximum absolute atomic E-state index is 11.5. The van der Waals surface area contributed by atoms with E-state index >= 15 is 0 Å². The van der Waals surface area contributed by atoms with Crippen LogP contribution in [0.5, 0.6) is 0 Å². The van der Waals surface area contributed by atoms with Crippen LogP contribution in [0.25, 0.3) is 0 Å². The van der Waals surface area contributed by atoms with Gasteiger partial charge in [0.15, 0.2) is 0 Å². The molecule has 0 aromatic rings. The summed E-state index contributed by atoms with van der Waals surface area (Å²) in [6, 6.07) is 0. The van der Waals surface area contributed by atoms with Gasteiger partial charge in [-0.2, -0.15) is 0 Å². The SMILES string of the molecule is CN(C)CC(=O)N(C)CC(C)(C)C. The molecular formula is C10H22N2O. The predicted octanol–water partition coefficient (Wildman–Crippen LogP) is 1.05. The quantitative estimate of drug-likeness (QED) is 0.658. The molecule has 0 heterocycles. The summed E-state index contributed by atoms with van der Waals surface area (Å²) in [6.07, 6.45) is 0. The van der Waals surface area contributed by atoms with Crippen molar-refractivity contribution >= 4 is 5.91 Å². The van der Waals surface area contributed by atoms with E-state index in [9.17, 15) is 4.79 Å². The summed E-state index contributed by atoms with van der Waals surface area (Å²) in [5.74, 6) is 0.180. The lowest BCUT2D eigenvalue weighted by atomic mass is 9.96. The third-order valence-corrected chi connectivity index (χ3v) is 1.59. The van der Waals surface area contributed by atoms with Gasteiger partial charge in [0.05, 0.1) is 6.54 Å². The molecule has 0 aliphatic heterocycles. The molecule has 0 aromatic heterocycles. The van der Waals surface area contributed by atoms with Crippen molar-refractivity contribution in [1.82, 2.24) is 9.80 Å². The van der Waals surface area contributed by atoms with Gasteiger partial charge in [0.2, 0.25) is 5.91 Å². The fourth-order valence-electron chi connectivity index (χ4n) is 1.19. The molecule has 0 atom stereocenters.